The molecule has 9 heteroatoms. The number of rotatable bonds is 6. The fraction of sp³-hybridized carbons (Fsp3) is 0.190. The van der Waals surface area contributed by atoms with Crippen molar-refractivity contribution in [2.24, 2.45) is 0 Å². The number of hydrogen-bond acceptors (Lipinski definition) is 5. The van der Waals surface area contributed by atoms with Crippen LogP contribution in [0.1, 0.15) is 31.1 Å². The van der Waals surface area contributed by atoms with E-state index in [-0.39, 0.29) is 16.1 Å². The standard InChI is InChI=1S/C21H20BN2O5S/c1-21(2,3)23-30(28,29)19-9-5-4-7-15(19)14-10-11-16(18(13-14)24(26)27)20(25)17-8-6-12-22-17/h4-13,23H,1-3H3. The third-order valence-corrected chi connectivity index (χ3v) is 6.11. The van der Waals surface area contributed by atoms with Gasteiger partial charge in [0, 0.05) is 17.2 Å². The number of carbonyl (C=O) groups is 1. The molecular weight excluding hydrogens is 403 g/mol. The van der Waals surface area contributed by atoms with E-state index in [0.29, 0.717) is 16.6 Å². The number of hydrogen-bond donors (Lipinski definition) is 1. The lowest BCUT2D eigenvalue weighted by molar-refractivity contribution is -0.385. The Labute approximate surface area is 176 Å². The first-order valence-corrected chi connectivity index (χ1v) is 10.7. The number of nitro benzene ring substituents is 1. The van der Waals surface area contributed by atoms with Gasteiger partial charge in [-0.25, -0.2) is 13.1 Å². The lowest BCUT2D eigenvalue weighted by atomic mass is 9.70. The van der Waals surface area contributed by atoms with Gasteiger partial charge in [-0.3, -0.25) is 14.9 Å². The molecule has 2 aromatic carbocycles. The zero-order chi connectivity index (χ0) is 22.1. The topological polar surface area (TPSA) is 106 Å². The molecule has 0 bridgehead atoms. The third kappa shape index (κ3) is 4.58. The molecule has 0 unspecified atom stereocenters. The Hall–Kier alpha value is -3.04. The molecular formula is C21H20BN2O5S. The number of benzene rings is 2. The van der Waals surface area contributed by atoms with Crippen LogP contribution < -0.4 is 4.72 Å². The highest BCUT2D eigenvalue weighted by Gasteiger charge is 2.27. The highest BCUT2D eigenvalue weighted by Crippen LogP contribution is 2.33. The van der Waals surface area contributed by atoms with Crippen molar-refractivity contribution in [3.8, 4) is 11.1 Å². The van der Waals surface area contributed by atoms with E-state index in [1.807, 2.05) is 0 Å². The molecule has 1 radical (unpaired) electrons. The van der Waals surface area contributed by atoms with Crippen LogP contribution in [0.5, 0.6) is 0 Å². The summed E-state index contributed by atoms with van der Waals surface area (Å²) in [6, 6.07) is 10.4. The highest BCUT2D eigenvalue weighted by molar-refractivity contribution is 7.89. The average Bonchev–Trinajstić information content (AvgIpc) is 3.20. The molecule has 0 aliphatic carbocycles. The number of nitrogens with one attached hydrogen (secondary N) is 1. The molecule has 2 aromatic rings. The van der Waals surface area contributed by atoms with Gasteiger partial charge in [-0.15, -0.1) is 5.98 Å². The summed E-state index contributed by atoms with van der Waals surface area (Å²) in [6.07, 6.45) is 3.26. The van der Waals surface area contributed by atoms with Crippen molar-refractivity contribution in [3.63, 3.8) is 0 Å². The number of ketones is 1. The highest BCUT2D eigenvalue weighted by atomic mass is 32.2. The van der Waals surface area contributed by atoms with Crippen LogP contribution in [-0.2, 0) is 10.0 Å². The van der Waals surface area contributed by atoms with Crippen molar-refractivity contribution < 1.29 is 18.1 Å². The van der Waals surface area contributed by atoms with E-state index in [1.165, 1.54) is 24.3 Å². The number of nitrogens with zero attached hydrogens (tertiary/aromatic N) is 1. The van der Waals surface area contributed by atoms with Gasteiger partial charge in [0.05, 0.1) is 15.4 Å². The second-order valence-corrected chi connectivity index (χ2v) is 9.49. The molecule has 0 saturated heterocycles. The minimum atomic E-state index is -3.88. The van der Waals surface area contributed by atoms with Crippen LogP contribution >= 0.6 is 0 Å². The van der Waals surface area contributed by atoms with Crippen molar-refractivity contribution in [2.45, 2.75) is 31.2 Å². The van der Waals surface area contributed by atoms with Crippen molar-refractivity contribution >= 4 is 28.8 Å². The first-order valence-electron chi connectivity index (χ1n) is 9.18. The van der Waals surface area contributed by atoms with Gasteiger partial charge in [-0.05, 0) is 43.9 Å². The Bertz CT molecular complexity index is 1190. The largest absolute Gasteiger partial charge is 0.290 e. The predicted molar refractivity (Wildman–Crippen MR) is 116 cm³/mol. The summed E-state index contributed by atoms with van der Waals surface area (Å²) in [7, 11) is -2.30. The van der Waals surface area contributed by atoms with Gasteiger partial charge in [0.1, 0.15) is 0 Å². The van der Waals surface area contributed by atoms with Gasteiger partial charge in [-0.2, -0.15) is 0 Å². The quantitative estimate of drug-likeness (QED) is 0.331. The SMILES string of the molecule is CC(C)(C)NS(=O)(=O)c1ccccc1-c1ccc(C(=O)C2=CC=C[B]2)c([N+](=O)[O-])c1. The van der Waals surface area contributed by atoms with E-state index in [2.05, 4.69) is 4.72 Å². The molecule has 1 heterocycles. The van der Waals surface area contributed by atoms with Crippen molar-refractivity contribution in [1.29, 1.82) is 0 Å². The Balaban J connectivity index is 2.11. The second kappa shape index (κ2) is 8.00. The van der Waals surface area contributed by atoms with E-state index in [9.17, 15) is 23.3 Å². The lowest BCUT2D eigenvalue weighted by Crippen LogP contribution is -2.40. The zero-order valence-corrected chi connectivity index (χ0v) is 17.6. The molecule has 0 aromatic heterocycles. The van der Waals surface area contributed by atoms with Crippen LogP contribution in [0.25, 0.3) is 11.1 Å². The molecule has 1 aliphatic heterocycles. The maximum atomic E-state index is 12.9. The smallest absolute Gasteiger partial charge is 0.281 e. The zero-order valence-electron chi connectivity index (χ0n) is 16.7. The van der Waals surface area contributed by atoms with Crippen molar-refractivity contribution in [3.05, 3.63) is 81.7 Å². The number of allylic oxidation sites excluding steroid dienone is 3. The monoisotopic (exact) mass is 423 g/mol. The Morgan fingerprint density at radius 1 is 1.13 bits per heavy atom. The van der Waals surface area contributed by atoms with Crippen molar-refractivity contribution in [1.82, 2.24) is 4.72 Å². The summed E-state index contributed by atoms with van der Waals surface area (Å²) in [5.74, 6) is 1.21. The molecule has 0 atom stereocenters. The minimum Gasteiger partial charge on any atom is -0.290 e. The number of Topliss-reactive ketones (excluding diaryl/α,β-unsaturated/α-hetero) is 1. The molecule has 3 rings (SSSR count). The predicted octanol–water partition coefficient (Wildman–Crippen LogP) is 3.64. The first kappa shape index (κ1) is 21.7. The molecule has 1 aliphatic rings. The molecule has 0 amide bonds. The maximum absolute atomic E-state index is 12.9. The summed E-state index contributed by atoms with van der Waals surface area (Å²) in [4.78, 5) is 23.7. The minimum absolute atomic E-state index is 0.00401. The fourth-order valence-corrected chi connectivity index (χ4v) is 4.77. The van der Waals surface area contributed by atoms with E-state index in [1.54, 1.807) is 64.4 Å². The molecule has 1 N–H and O–H groups in total. The van der Waals surface area contributed by atoms with Crippen LogP contribution in [0.4, 0.5) is 5.69 Å². The van der Waals surface area contributed by atoms with Crippen LogP contribution in [0.2, 0.25) is 0 Å². The van der Waals surface area contributed by atoms with E-state index >= 15 is 0 Å². The molecule has 0 fully saturated rings. The van der Waals surface area contributed by atoms with Crippen LogP contribution in [-0.4, -0.2) is 31.9 Å². The fourth-order valence-electron chi connectivity index (χ4n) is 3.12. The number of nitro groups is 1. The third-order valence-electron chi connectivity index (χ3n) is 4.29. The van der Waals surface area contributed by atoms with Crippen LogP contribution in [0, 0.1) is 10.1 Å². The van der Waals surface area contributed by atoms with Crippen molar-refractivity contribution in [2.75, 3.05) is 0 Å². The first-order chi connectivity index (χ1) is 14.0. The summed E-state index contributed by atoms with van der Waals surface area (Å²) in [6.45, 7) is 5.17. The number of carbonyl (C=O) groups excluding carboxylic acids is 1. The molecule has 30 heavy (non-hydrogen) atoms. The van der Waals surface area contributed by atoms with Gasteiger partial charge in [-0.1, -0.05) is 36.4 Å². The Morgan fingerprint density at radius 3 is 2.43 bits per heavy atom. The van der Waals surface area contributed by atoms with E-state index in [0.717, 1.165) is 0 Å². The Kier molecular flexibility index (Phi) is 5.78. The molecule has 0 saturated carbocycles. The Morgan fingerprint density at radius 2 is 1.83 bits per heavy atom. The van der Waals surface area contributed by atoms with Gasteiger partial charge < -0.3 is 0 Å². The van der Waals surface area contributed by atoms with Gasteiger partial charge in [0.15, 0.2) is 13.1 Å². The molecule has 153 valence electrons. The van der Waals surface area contributed by atoms with Crippen LogP contribution in [0.15, 0.2) is 71.0 Å². The molecule has 7 nitrogen and oxygen atoms in total. The second-order valence-electron chi connectivity index (χ2n) is 7.84. The van der Waals surface area contributed by atoms with Gasteiger partial charge in [0.2, 0.25) is 10.0 Å². The van der Waals surface area contributed by atoms with Crippen LogP contribution in [0.3, 0.4) is 0 Å². The molecule has 0 spiro atoms. The lowest BCUT2D eigenvalue weighted by Gasteiger charge is -2.21. The normalized spacial score (nSPS) is 13.6. The summed E-state index contributed by atoms with van der Waals surface area (Å²) < 4.78 is 28.4. The van der Waals surface area contributed by atoms with Gasteiger partial charge >= 0.3 is 0 Å². The maximum Gasteiger partial charge on any atom is 0.281 e. The summed E-state index contributed by atoms with van der Waals surface area (Å²) in [5.41, 5.74) is -0.144. The summed E-state index contributed by atoms with van der Waals surface area (Å²) in [5, 5.41) is 11.7. The van der Waals surface area contributed by atoms with E-state index < -0.39 is 26.3 Å². The summed E-state index contributed by atoms with van der Waals surface area (Å²) >= 11 is 0. The average molecular weight is 423 g/mol. The van der Waals surface area contributed by atoms with E-state index in [4.69, 9.17) is 0 Å². The number of sulfonamides is 1. The van der Waals surface area contributed by atoms with Gasteiger partial charge in [0.25, 0.3) is 5.69 Å².